The molecule has 24 valence electrons. The van der Waals surface area contributed by atoms with E-state index in [0.29, 0.717) is 0 Å². The van der Waals surface area contributed by atoms with Crippen LogP contribution in [0.3, 0.4) is 0 Å². The SMILES string of the molecule is O.O.[H-].[H-].[H-].[H-].[Sr+2].[Sr+2]. The monoisotopic (exact) mass is 216 g/mol. The van der Waals surface area contributed by atoms with Gasteiger partial charge in [0.2, 0.25) is 0 Å². The van der Waals surface area contributed by atoms with Crippen molar-refractivity contribution in [1.29, 1.82) is 0 Å². The molecule has 0 heterocycles. The van der Waals surface area contributed by atoms with E-state index in [9.17, 15) is 0 Å². The van der Waals surface area contributed by atoms with Crippen LogP contribution in [0.2, 0.25) is 0 Å². The van der Waals surface area contributed by atoms with Crippen molar-refractivity contribution in [2.75, 3.05) is 0 Å². The molecule has 0 atom stereocenters. The summed E-state index contributed by atoms with van der Waals surface area (Å²) >= 11 is 0. The first kappa shape index (κ1) is 28.7. The van der Waals surface area contributed by atoms with Crippen molar-refractivity contribution in [3.05, 3.63) is 0 Å². The maximum absolute atomic E-state index is 0. The fourth-order valence-corrected chi connectivity index (χ4v) is 0. The summed E-state index contributed by atoms with van der Waals surface area (Å²) in [4.78, 5) is 0. The Balaban J connectivity index is 0. The van der Waals surface area contributed by atoms with Crippen molar-refractivity contribution in [2.24, 2.45) is 0 Å². The molecule has 0 aliphatic heterocycles. The summed E-state index contributed by atoms with van der Waals surface area (Å²) in [7, 11) is 0. The molecule has 0 fully saturated rings. The molecule has 0 aromatic heterocycles. The van der Waals surface area contributed by atoms with Gasteiger partial charge < -0.3 is 16.7 Å². The summed E-state index contributed by atoms with van der Waals surface area (Å²) < 4.78 is 0. The summed E-state index contributed by atoms with van der Waals surface area (Å²) in [6, 6.07) is 0. The van der Waals surface area contributed by atoms with Crippen LogP contribution >= 0.6 is 0 Å². The second kappa shape index (κ2) is 16.9. The van der Waals surface area contributed by atoms with Gasteiger partial charge in [-0.3, -0.25) is 0 Å². The van der Waals surface area contributed by atoms with Gasteiger partial charge in [0.05, 0.1) is 0 Å². The molecule has 0 bridgehead atoms. The smallest absolute Gasteiger partial charge is 1.00 e. The summed E-state index contributed by atoms with van der Waals surface area (Å²) in [5.41, 5.74) is 0. The van der Waals surface area contributed by atoms with Crippen LogP contribution in [0, 0.1) is 0 Å². The molecule has 0 aromatic carbocycles. The van der Waals surface area contributed by atoms with Gasteiger partial charge in [0.25, 0.3) is 0 Å². The minimum Gasteiger partial charge on any atom is -1.00 e. The van der Waals surface area contributed by atoms with Crippen molar-refractivity contribution < 1.29 is 16.7 Å². The van der Waals surface area contributed by atoms with Crippen LogP contribution in [-0.4, -0.2) is 102 Å². The first-order valence-electron chi connectivity index (χ1n) is 0. The number of rotatable bonds is 0. The summed E-state index contributed by atoms with van der Waals surface area (Å²) in [5.74, 6) is 0. The quantitative estimate of drug-likeness (QED) is 0.421. The predicted octanol–water partition coefficient (Wildman–Crippen LogP) is -1.96. The van der Waals surface area contributed by atoms with Crippen molar-refractivity contribution in [3.63, 3.8) is 0 Å². The molecule has 0 unspecified atom stereocenters. The second-order valence-corrected chi connectivity index (χ2v) is 0. The predicted molar refractivity (Wildman–Crippen MR) is 23.2 cm³/mol. The van der Waals surface area contributed by atoms with Gasteiger partial charge in [-0.2, -0.15) is 0 Å². The third kappa shape index (κ3) is 8.86. The van der Waals surface area contributed by atoms with Crippen LogP contribution in [0.5, 0.6) is 0 Å². The average molecular weight is 215 g/mol. The molecular weight excluding hydrogens is 207 g/mol. The molecule has 0 rings (SSSR count). The summed E-state index contributed by atoms with van der Waals surface area (Å²) in [6.45, 7) is 0. The van der Waals surface area contributed by atoms with Crippen LogP contribution in [0.15, 0.2) is 0 Å². The number of hydrogen-bond acceptors (Lipinski definition) is 0. The fourth-order valence-electron chi connectivity index (χ4n) is 0. The maximum Gasteiger partial charge on any atom is 2.00 e. The van der Waals surface area contributed by atoms with Crippen LogP contribution in [-0.2, 0) is 0 Å². The Morgan fingerprint density at radius 1 is 0.750 bits per heavy atom. The Kier molecular flexibility index (Phi) is 121. The summed E-state index contributed by atoms with van der Waals surface area (Å²) in [6.07, 6.45) is 0. The first-order chi connectivity index (χ1) is 0. The molecule has 0 radical (unpaired) electrons. The zero-order valence-corrected chi connectivity index (χ0v) is 9.37. The third-order valence-electron chi connectivity index (χ3n) is 0. The first-order valence-corrected chi connectivity index (χ1v) is 0. The van der Waals surface area contributed by atoms with Gasteiger partial charge >= 0.3 is 91.0 Å². The van der Waals surface area contributed by atoms with Crippen molar-refractivity contribution in [2.45, 2.75) is 0 Å². The normalized spacial score (nSPS) is 0. The van der Waals surface area contributed by atoms with Gasteiger partial charge in [-0.15, -0.1) is 0 Å². The van der Waals surface area contributed by atoms with E-state index in [2.05, 4.69) is 0 Å². The molecule has 0 aliphatic carbocycles. The Bertz CT molecular complexity index is 12.0. The van der Waals surface area contributed by atoms with Crippen LogP contribution in [0.25, 0.3) is 0 Å². The molecule has 2 nitrogen and oxygen atoms in total. The standard InChI is InChI=1S/2H2O.2Sr.4H/h2*1H2;;;;;;/q;;2*+2;4*-1. The molecule has 4 N–H and O–H groups in total. The van der Waals surface area contributed by atoms with Crippen LogP contribution in [0.1, 0.15) is 5.71 Å². The molecule has 4 heavy (non-hydrogen) atoms. The van der Waals surface area contributed by atoms with Gasteiger partial charge in [-0.1, -0.05) is 0 Å². The van der Waals surface area contributed by atoms with E-state index in [4.69, 9.17) is 0 Å². The maximum atomic E-state index is 0. The Hall–Kier alpha value is 2.88. The molecule has 4 heteroatoms. The number of hydrogen-bond donors (Lipinski definition) is 0. The van der Waals surface area contributed by atoms with E-state index in [1.165, 1.54) is 0 Å². The molecule has 0 spiro atoms. The van der Waals surface area contributed by atoms with Gasteiger partial charge in [0.1, 0.15) is 0 Å². The van der Waals surface area contributed by atoms with E-state index < -0.39 is 0 Å². The van der Waals surface area contributed by atoms with Crippen LogP contribution < -0.4 is 0 Å². The molecular formula is H8O2Sr2. The van der Waals surface area contributed by atoms with Crippen molar-refractivity contribution in [1.82, 2.24) is 0 Å². The summed E-state index contributed by atoms with van der Waals surface area (Å²) in [5, 5.41) is 0. The van der Waals surface area contributed by atoms with Crippen molar-refractivity contribution >= 4 is 91.0 Å². The van der Waals surface area contributed by atoms with E-state index >= 15 is 0 Å². The average Bonchev–Trinajstić information content (AvgIpc) is 0. The topological polar surface area (TPSA) is 63.0 Å². The zero-order valence-electron chi connectivity index (χ0n) is 6.41. The fraction of sp³-hybridized carbons (Fsp3) is 0. The molecule has 0 saturated heterocycles. The van der Waals surface area contributed by atoms with Gasteiger partial charge in [0.15, 0.2) is 0 Å². The van der Waals surface area contributed by atoms with E-state index in [1.54, 1.807) is 0 Å². The molecule has 0 saturated carbocycles. The Labute approximate surface area is 105 Å². The Morgan fingerprint density at radius 2 is 0.750 bits per heavy atom. The van der Waals surface area contributed by atoms with Crippen LogP contribution in [0.4, 0.5) is 0 Å². The van der Waals surface area contributed by atoms with E-state index in [1.807, 2.05) is 0 Å². The molecule has 0 aliphatic rings. The third-order valence-corrected chi connectivity index (χ3v) is 0. The van der Waals surface area contributed by atoms with Gasteiger partial charge in [0, 0.05) is 0 Å². The molecule has 0 aromatic rings. The van der Waals surface area contributed by atoms with Gasteiger partial charge in [-0.25, -0.2) is 0 Å². The van der Waals surface area contributed by atoms with E-state index in [-0.39, 0.29) is 108 Å². The zero-order chi connectivity index (χ0) is 0. The largest absolute Gasteiger partial charge is 2.00 e. The van der Waals surface area contributed by atoms with Gasteiger partial charge in [-0.05, 0) is 0 Å². The second-order valence-electron chi connectivity index (χ2n) is 0. The minimum absolute atomic E-state index is 0. The Morgan fingerprint density at radius 3 is 0.750 bits per heavy atom. The molecule has 0 amide bonds. The minimum atomic E-state index is 0. The van der Waals surface area contributed by atoms with Crippen molar-refractivity contribution in [3.8, 4) is 0 Å². The van der Waals surface area contributed by atoms with E-state index in [0.717, 1.165) is 0 Å².